The highest BCUT2D eigenvalue weighted by Gasteiger charge is 1.97. The molecule has 10 heavy (non-hydrogen) atoms. The molecule has 0 saturated heterocycles. The number of hydrogen-bond acceptors (Lipinski definition) is 3. The van der Waals surface area contributed by atoms with Crippen LogP contribution in [0.2, 0.25) is 0 Å². The highest BCUT2D eigenvalue weighted by Crippen LogP contribution is 2.14. The van der Waals surface area contributed by atoms with Crippen molar-refractivity contribution in [2.45, 2.75) is 24.9 Å². The first-order valence-electron chi connectivity index (χ1n) is 3.27. The third-order valence-electron chi connectivity index (χ3n) is 1.05. The summed E-state index contributed by atoms with van der Waals surface area (Å²) in [4.78, 5) is 4.00. The highest BCUT2D eigenvalue weighted by molar-refractivity contribution is 7.99. The first-order chi connectivity index (χ1) is 4.79. The first kappa shape index (κ1) is 7.66. The minimum atomic E-state index is 0.664. The Bertz CT molecular complexity index is 172. The van der Waals surface area contributed by atoms with Gasteiger partial charge >= 0.3 is 0 Å². The Labute approximate surface area is 65.0 Å². The van der Waals surface area contributed by atoms with Crippen molar-refractivity contribution in [1.82, 2.24) is 4.98 Å². The minimum absolute atomic E-state index is 0.664. The Hall–Kier alpha value is -0.440. The number of aromatic nitrogens is 1. The van der Waals surface area contributed by atoms with Crippen LogP contribution in [0.25, 0.3) is 0 Å². The Morgan fingerprint density at radius 3 is 3.00 bits per heavy atom. The van der Waals surface area contributed by atoms with Crippen LogP contribution in [0, 0.1) is 0 Å². The molecule has 0 radical (unpaired) electrons. The summed E-state index contributed by atoms with van der Waals surface area (Å²) in [5.41, 5.74) is 1.03. The quantitative estimate of drug-likeness (QED) is 0.673. The molecule has 0 N–H and O–H groups in total. The van der Waals surface area contributed by atoms with E-state index in [4.69, 9.17) is 4.42 Å². The van der Waals surface area contributed by atoms with Gasteiger partial charge in [0.25, 0.3) is 0 Å². The van der Waals surface area contributed by atoms with E-state index in [1.54, 1.807) is 6.26 Å². The lowest BCUT2D eigenvalue weighted by Crippen LogP contribution is -1.88. The average Bonchev–Trinajstić information content (AvgIpc) is 2.34. The molecular formula is C7H11NOS. The molecule has 0 aliphatic carbocycles. The molecule has 0 spiro atoms. The van der Waals surface area contributed by atoms with Crippen molar-refractivity contribution >= 4 is 11.8 Å². The second-order valence-electron chi connectivity index (χ2n) is 2.34. The molecule has 56 valence electrons. The molecule has 0 aromatic carbocycles. The second kappa shape index (κ2) is 3.66. The van der Waals surface area contributed by atoms with Crippen LogP contribution in [0.15, 0.2) is 17.1 Å². The predicted octanol–water partition coefficient (Wildman–Crippen LogP) is 2.32. The van der Waals surface area contributed by atoms with Crippen molar-refractivity contribution in [2.75, 3.05) is 0 Å². The van der Waals surface area contributed by atoms with Crippen LogP contribution < -0.4 is 0 Å². The second-order valence-corrected chi connectivity index (χ2v) is 3.90. The minimum Gasteiger partial charge on any atom is -0.451 e. The van der Waals surface area contributed by atoms with Crippen LogP contribution in [0.3, 0.4) is 0 Å². The van der Waals surface area contributed by atoms with E-state index in [0.717, 1.165) is 11.4 Å². The monoisotopic (exact) mass is 157 g/mol. The molecule has 1 aromatic rings. The summed E-state index contributed by atoms with van der Waals surface area (Å²) in [5.74, 6) is 0.953. The molecular weight excluding hydrogens is 146 g/mol. The number of rotatable bonds is 3. The molecule has 1 aromatic heterocycles. The van der Waals surface area contributed by atoms with E-state index in [2.05, 4.69) is 18.8 Å². The van der Waals surface area contributed by atoms with E-state index in [0.29, 0.717) is 5.25 Å². The van der Waals surface area contributed by atoms with E-state index in [1.807, 2.05) is 11.8 Å². The standard InChI is InChI=1S/C7H11NOS/c1-6(2)10-4-7-3-9-5-8-7/h3,5-6H,4H2,1-2H3. The number of oxazole rings is 1. The van der Waals surface area contributed by atoms with Crippen molar-refractivity contribution in [3.05, 3.63) is 18.4 Å². The van der Waals surface area contributed by atoms with Gasteiger partial charge < -0.3 is 4.42 Å². The van der Waals surface area contributed by atoms with E-state index >= 15 is 0 Å². The largest absolute Gasteiger partial charge is 0.451 e. The van der Waals surface area contributed by atoms with Crippen molar-refractivity contribution in [3.8, 4) is 0 Å². The summed E-state index contributed by atoms with van der Waals surface area (Å²) in [6.07, 6.45) is 3.16. The van der Waals surface area contributed by atoms with Crippen LogP contribution in [-0.4, -0.2) is 10.2 Å². The molecule has 1 rings (SSSR count). The van der Waals surface area contributed by atoms with Gasteiger partial charge in [-0.2, -0.15) is 11.8 Å². The van der Waals surface area contributed by atoms with E-state index < -0.39 is 0 Å². The van der Waals surface area contributed by atoms with E-state index in [-0.39, 0.29) is 0 Å². The highest BCUT2D eigenvalue weighted by atomic mass is 32.2. The molecule has 2 nitrogen and oxygen atoms in total. The molecule has 0 bridgehead atoms. The number of hydrogen-bond donors (Lipinski definition) is 0. The van der Waals surface area contributed by atoms with Crippen LogP contribution in [0.4, 0.5) is 0 Å². The van der Waals surface area contributed by atoms with Gasteiger partial charge in [-0.05, 0) is 5.25 Å². The van der Waals surface area contributed by atoms with Gasteiger partial charge in [0.05, 0.1) is 5.69 Å². The van der Waals surface area contributed by atoms with E-state index in [1.165, 1.54) is 6.39 Å². The lowest BCUT2D eigenvalue weighted by molar-refractivity contribution is 0.557. The lowest BCUT2D eigenvalue weighted by atomic mass is 10.6. The molecule has 3 heteroatoms. The van der Waals surface area contributed by atoms with Gasteiger partial charge in [0.15, 0.2) is 6.39 Å². The zero-order chi connectivity index (χ0) is 7.40. The van der Waals surface area contributed by atoms with Gasteiger partial charge in [0.1, 0.15) is 6.26 Å². The molecule has 0 fully saturated rings. The smallest absolute Gasteiger partial charge is 0.180 e. The summed E-state index contributed by atoms with van der Waals surface area (Å²) in [5, 5.41) is 0.664. The molecule has 1 heterocycles. The summed E-state index contributed by atoms with van der Waals surface area (Å²) >= 11 is 1.87. The maximum absolute atomic E-state index is 4.82. The third-order valence-corrected chi connectivity index (χ3v) is 2.18. The average molecular weight is 157 g/mol. The van der Waals surface area contributed by atoms with Gasteiger partial charge in [-0.25, -0.2) is 4.98 Å². The van der Waals surface area contributed by atoms with Gasteiger partial charge in [-0.3, -0.25) is 0 Å². The first-order valence-corrected chi connectivity index (χ1v) is 4.32. The van der Waals surface area contributed by atoms with E-state index in [9.17, 15) is 0 Å². The Morgan fingerprint density at radius 1 is 1.70 bits per heavy atom. The van der Waals surface area contributed by atoms with Crippen LogP contribution in [0.1, 0.15) is 19.5 Å². The van der Waals surface area contributed by atoms with Crippen LogP contribution in [-0.2, 0) is 5.75 Å². The molecule has 0 atom stereocenters. The molecule has 0 aliphatic rings. The fourth-order valence-corrected chi connectivity index (χ4v) is 1.21. The summed E-state index contributed by atoms with van der Waals surface area (Å²) in [6.45, 7) is 4.34. The fraction of sp³-hybridized carbons (Fsp3) is 0.571. The van der Waals surface area contributed by atoms with Crippen molar-refractivity contribution < 1.29 is 4.42 Å². The maximum Gasteiger partial charge on any atom is 0.180 e. The van der Waals surface area contributed by atoms with Crippen molar-refractivity contribution in [3.63, 3.8) is 0 Å². The van der Waals surface area contributed by atoms with Gasteiger partial charge in [0, 0.05) is 5.75 Å². The van der Waals surface area contributed by atoms with Gasteiger partial charge in [-0.15, -0.1) is 0 Å². The zero-order valence-corrected chi connectivity index (χ0v) is 7.02. The van der Waals surface area contributed by atoms with Gasteiger partial charge in [-0.1, -0.05) is 13.8 Å². The van der Waals surface area contributed by atoms with Crippen LogP contribution in [0.5, 0.6) is 0 Å². The molecule has 0 amide bonds. The lowest BCUT2D eigenvalue weighted by Gasteiger charge is -1.99. The molecule has 0 aliphatic heterocycles. The van der Waals surface area contributed by atoms with Crippen LogP contribution >= 0.6 is 11.8 Å². The zero-order valence-electron chi connectivity index (χ0n) is 6.20. The number of thioether (sulfide) groups is 1. The SMILES string of the molecule is CC(C)SCc1cocn1. The Morgan fingerprint density at radius 2 is 2.50 bits per heavy atom. The van der Waals surface area contributed by atoms with Crippen molar-refractivity contribution in [1.29, 1.82) is 0 Å². The topological polar surface area (TPSA) is 26.0 Å². The van der Waals surface area contributed by atoms with Crippen molar-refractivity contribution in [2.24, 2.45) is 0 Å². The fourth-order valence-electron chi connectivity index (χ4n) is 0.561. The summed E-state index contributed by atoms with van der Waals surface area (Å²) in [7, 11) is 0. The predicted molar refractivity (Wildman–Crippen MR) is 42.9 cm³/mol. The molecule has 0 saturated carbocycles. The third kappa shape index (κ3) is 2.43. The number of nitrogens with zero attached hydrogens (tertiary/aromatic N) is 1. The Kier molecular flexibility index (Phi) is 2.81. The summed E-state index contributed by atoms with van der Waals surface area (Å²) < 4.78 is 4.82. The Balaban J connectivity index is 2.28. The van der Waals surface area contributed by atoms with Gasteiger partial charge in [0.2, 0.25) is 0 Å². The summed E-state index contributed by atoms with van der Waals surface area (Å²) in [6, 6.07) is 0. The normalized spacial score (nSPS) is 10.7. The maximum atomic E-state index is 4.82. The molecule has 0 unspecified atom stereocenters.